The van der Waals surface area contributed by atoms with Crippen molar-refractivity contribution in [3.63, 3.8) is 0 Å². The highest BCUT2D eigenvalue weighted by molar-refractivity contribution is 6.30. The summed E-state index contributed by atoms with van der Waals surface area (Å²) in [5.41, 5.74) is 2.46. The summed E-state index contributed by atoms with van der Waals surface area (Å²) in [6.45, 7) is 2.83. The number of carbonyl (C=O) groups is 1. The molecule has 1 aliphatic heterocycles. The van der Waals surface area contributed by atoms with Crippen LogP contribution < -0.4 is 10.2 Å². The second kappa shape index (κ2) is 7.24. The van der Waals surface area contributed by atoms with Crippen molar-refractivity contribution < 1.29 is 4.79 Å². The molecule has 24 heavy (non-hydrogen) atoms. The number of hydrogen-bond donors (Lipinski definition) is 1. The van der Waals surface area contributed by atoms with Crippen LogP contribution in [0.4, 0.5) is 16.2 Å². The molecular weight excluding hydrogens is 324 g/mol. The summed E-state index contributed by atoms with van der Waals surface area (Å²) in [6, 6.07) is 16.6. The second-order valence-corrected chi connectivity index (χ2v) is 6.01. The quantitative estimate of drug-likeness (QED) is 0.909. The van der Waals surface area contributed by atoms with Crippen LogP contribution in [0.25, 0.3) is 0 Å². The van der Waals surface area contributed by atoms with E-state index in [0.717, 1.165) is 24.5 Å². The lowest BCUT2D eigenvalue weighted by Crippen LogP contribution is -2.50. The lowest BCUT2D eigenvalue weighted by Gasteiger charge is -2.36. The smallest absolute Gasteiger partial charge is 0.321 e. The second-order valence-electron chi connectivity index (χ2n) is 5.57. The standard InChI is InChI=1S/C18H17ClN4O/c19-15-3-5-16(6-4-15)21-18(24)23-11-9-22(10-12-23)17-7-1-14(13-20)2-8-17/h1-8H,9-12H2,(H,21,24). The molecule has 1 aliphatic rings. The zero-order valence-electron chi connectivity index (χ0n) is 13.1. The molecule has 1 fully saturated rings. The molecule has 0 radical (unpaired) electrons. The van der Waals surface area contributed by atoms with E-state index in [1.54, 1.807) is 29.2 Å². The number of nitriles is 1. The lowest BCUT2D eigenvalue weighted by atomic mass is 10.2. The van der Waals surface area contributed by atoms with Gasteiger partial charge in [-0.05, 0) is 48.5 Å². The zero-order chi connectivity index (χ0) is 16.9. The van der Waals surface area contributed by atoms with Gasteiger partial charge in [0.05, 0.1) is 11.6 Å². The number of benzene rings is 2. The van der Waals surface area contributed by atoms with Crippen LogP contribution in [-0.4, -0.2) is 37.1 Å². The Morgan fingerprint density at radius 1 is 1.00 bits per heavy atom. The van der Waals surface area contributed by atoms with Gasteiger partial charge in [0, 0.05) is 42.6 Å². The molecule has 0 atom stereocenters. The van der Waals surface area contributed by atoms with Crippen molar-refractivity contribution in [1.29, 1.82) is 5.26 Å². The molecule has 1 saturated heterocycles. The van der Waals surface area contributed by atoms with Gasteiger partial charge in [-0.2, -0.15) is 5.26 Å². The minimum atomic E-state index is -0.100. The average Bonchev–Trinajstić information content (AvgIpc) is 2.64. The molecule has 0 saturated carbocycles. The Morgan fingerprint density at radius 3 is 2.21 bits per heavy atom. The molecule has 0 bridgehead atoms. The molecule has 0 aliphatic carbocycles. The summed E-state index contributed by atoms with van der Waals surface area (Å²) in [4.78, 5) is 16.3. The Bertz CT molecular complexity index is 744. The van der Waals surface area contributed by atoms with Gasteiger partial charge in [0.1, 0.15) is 0 Å². The molecule has 1 heterocycles. The number of nitrogens with one attached hydrogen (secondary N) is 1. The van der Waals surface area contributed by atoms with Crippen molar-refractivity contribution in [2.45, 2.75) is 0 Å². The lowest BCUT2D eigenvalue weighted by molar-refractivity contribution is 0.208. The molecule has 0 aromatic heterocycles. The molecule has 5 nitrogen and oxygen atoms in total. The average molecular weight is 341 g/mol. The van der Waals surface area contributed by atoms with Crippen LogP contribution in [0.1, 0.15) is 5.56 Å². The van der Waals surface area contributed by atoms with Crippen LogP contribution in [0.5, 0.6) is 0 Å². The van der Waals surface area contributed by atoms with Gasteiger partial charge in [0.2, 0.25) is 0 Å². The molecular formula is C18H17ClN4O. The number of nitrogens with zero attached hydrogens (tertiary/aromatic N) is 3. The van der Waals surface area contributed by atoms with Gasteiger partial charge in [-0.1, -0.05) is 11.6 Å². The van der Waals surface area contributed by atoms with E-state index >= 15 is 0 Å². The molecule has 6 heteroatoms. The van der Waals surface area contributed by atoms with Crippen LogP contribution in [0.15, 0.2) is 48.5 Å². The maximum Gasteiger partial charge on any atom is 0.321 e. The summed E-state index contributed by atoms with van der Waals surface area (Å²) in [5.74, 6) is 0. The number of hydrogen-bond acceptors (Lipinski definition) is 3. The third-order valence-electron chi connectivity index (χ3n) is 4.02. The maximum absolute atomic E-state index is 12.3. The fraction of sp³-hybridized carbons (Fsp3) is 0.222. The Hall–Kier alpha value is -2.71. The fourth-order valence-electron chi connectivity index (χ4n) is 2.65. The Labute approximate surface area is 146 Å². The van der Waals surface area contributed by atoms with Crippen LogP contribution in [-0.2, 0) is 0 Å². The highest BCUT2D eigenvalue weighted by atomic mass is 35.5. The molecule has 1 N–H and O–H groups in total. The number of anilines is 2. The predicted molar refractivity (Wildman–Crippen MR) is 95.4 cm³/mol. The molecule has 0 spiro atoms. The predicted octanol–water partition coefficient (Wildman–Crippen LogP) is 3.57. The fourth-order valence-corrected chi connectivity index (χ4v) is 2.78. The summed E-state index contributed by atoms with van der Waals surface area (Å²) in [5, 5.41) is 12.4. The van der Waals surface area contributed by atoms with Crippen molar-refractivity contribution in [2.75, 3.05) is 36.4 Å². The minimum Gasteiger partial charge on any atom is -0.368 e. The molecule has 0 unspecified atom stereocenters. The molecule has 122 valence electrons. The van der Waals surface area contributed by atoms with E-state index in [1.807, 2.05) is 24.3 Å². The molecule has 2 aromatic rings. The number of piperazine rings is 1. The van der Waals surface area contributed by atoms with Gasteiger partial charge in [-0.15, -0.1) is 0 Å². The van der Waals surface area contributed by atoms with Gasteiger partial charge in [0.25, 0.3) is 0 Å². The van der Waals surface area contributed by atoms with Crippen molar-refractivity contribution in [2.24, 2.45) is 0 Å². The summed E-state index contributed by atoms with van der Waals surface area (Å²) >= 11 is 5.84. The molecule has 2 amide bonds. The first-order valence-corrected chi connectivity index (χ1v) is 8.10. The first-order valence-electron chi connectivity index (χ1n) is 7.72. The van der Waals surface area contributed by atoms with E-state index in [-0.39, 0.29) is 6.03 Å². The number of urea groups is 1. The van der Waals surface area contributed by atoms with Crippen LogP contribution in [0.3, 0.4) is 0 Å². The number of amides is 2. The van der Waals surface area contributed by atoms with Gasteiger partial charge >= 0.3 is 6.03 Å². The van der Waals surface area contributed by atoms with Crippen LogP contribution in [0.2, 0.25) is 5.02 Å². The highest BCUT2D eigenvalue weighted by Crippen LogP contribution is 2.18. The van der Waals surface area contributed by atoms with E-state index in [0.29, 0.717) is 23.7 Å². The van der Waals surface area contributed by atoms with Gasteiger partial charge in [-0.25, -0.2) is 4.79 Å². The van der Waals surface area contributed by atoms with Crippen molar-refractivity contribution in [3.05, 3.63) is 59.1 Å². The van der Waals surface area contributed by atoms with Crippen molar-refractivity contribution in [1.82, 2.24) is 4.90 Å². The SMILES string of the molecule is N#Cc1ccc(N2CCN(C(=O)Nc3ccc(Cl)cc3)CC2)cc1. The normalized spacial score (nSPS) is 14.2. The van der Waals surface area contributed by atoms with Gasteiger partial charge in [-0.3, -0.25) is 0 Å². The largest absolute Gasteiger partial charge is 0.368 e. The summed E-state index contributed by atoms with van der Waals surface area (Å²) in [7, 11) is 0. The van der Waals surface area contributed by atoms with E-state index in [4.69, 9.17) is 16.9 Å². The number of rotatable bonds is 2. The molecule has 2 aromatic carbocycles. The third kappa shape index (κ3) is 3.79. The monoisotopic (exact) mass is 340 g/mol. The Morgan fingerprint density at radius 2 is 1.62 bits per heavy atom. The minimum absolute atomic E-state index is 0.100. The highest BCUT2D eigenvalue weighted by Gasteiger charge is 2.21. The van der Waals surface area contributed by atoms with E-state index in [9.17, 15) is 4.79 Å². The van der Waals surface area contributed by atoms with Gasteiger partial charge < -0.3 is 15.1 Å². The van der Waals surface area contributed by atoms with Crippen molar-refractivity contribution in [3.8, 4) is 6.07 Å². The third-order valence-corrected chi connectivity index (χ3v) is 4.28. The van der Waals surface area contributed by atoms with Crippen LogP contribution in [0, 0.1) is 11.3 Å². The molecule has 3 rings (SSSR count). The van der Waals surface area contributed by atoms with E-state index in [1.165, 1.54) is 0 Å². The zero-order valence-corrected chi connectivity index (χ0v) is 13.8. The van der Waals surface area contributed by atoms with E-state index < -0.39 is 0 Å². The maximum atomic E-state index is 12.3. The number of halogens is 1. The first kappa shape index (κ1) is 16.2. The Balaban J connectivity index is 1.55. The Kier molecular flexibility index (Phi) is 4.88. The number of carbonyl (C=O) groups excluding carboxylic acids is 1. The summed E-state index contributed by atoms with van der Waals surface area (Å²) < 4.78 is 0. The van der Waals surface area contributed by atoms with Crippen molar-refractivity contribution >= 4 is 29.0 Å². The first-order chi connectivity index (χ1) is 11.7. The summed E-state index contributed by atoms with van der Waals surface area (Å²) in [6.07, 6.45) is 0. The van der Waals surface area contributed by atoms with Crippen LogP contribution >= 0.6 is 11.6 Å². The topological polar surface area (TPSA) is 59.4 Å². The van der Waals surface area contributed by atoms with Gasteiger partial charge in [0.15, 0.2) is 0 Å². The van der Waals surface area contributed by atoms with E-state index in [2.05, 4.69) is 16.3 Å².